The number of Topliss-reactive ketones (excluding diaryl/α,β-unsaturated/α-hetero) is 1. The minimum atomic E-state index is -4.56. The number of thioether (sulfide) groups is 1. The number of benzene rings is 1. The Morgan fingerprint density at radius 3 is 2.46 bits per heavy atom. The minimum absolute atomic E-state index is 0.0555. The maximum Gasteiger partial charge on any atom is 0.417 e. The molecule has 0 aliphatic carbocycles. The molecule has 1 amide bonds. The highest BCUT2D eigenvalue weighted by molar-refractivity contribution is 8.00. The standard InChI is InChI=1S/C17H12F3N3O2S/c18-17(19,20)10-5-6-13(23-8-10)12(7-21)16(25)11-3-1-2-4-14(11)26-9-15(22)24/h1-6,8,12H,9H2,(H2,22,24). The molecule has 0 saturated carbocycles. The first kappa shape index (κ1) is 19.5. The van der Waals surface area contributed by atoms with Crippen molar-refractivity contribution < 1.29 is 22.8 Å². The van der Waals surface area contributed by atoms with Gasteiger partial charge in [-0.15, -0.1) is 11.8 Å². The summed E-state index contributed by atoms with van der Waals surface area (Å²) in [6, 6.07) is 9.85. The fourth-order valence-corrected chi connectivity index (χ4v) is 2.90. The van der Waals surface area contributed by atoms with Crippen molar-refractivity contribution in [1.29, 1.82) is 5.26 Å². The molecule has 0 spiro atoms. The van der Waals surface area contributed by atoms with E-state index in [-0.39, 0.29) is 17.0 Å². The number of hydrogen-bond donors (Lipinski definition) is 1. The smallest absolute Gasteiger partial charge is 0.369 e. The molecule has 9 heteroatoms. The van der Waals surface area contributed by atoms with Gasteiger partial charge in [-0.2, -0.15) is 18.4 Å². The number of carbonyl (C=O) groups is 2. The van der Waals surface area contributed by atoms with Gasteiger partial charge in [0.2, 0.25) is 5.91 Å². The van der Waals surface area contributed by atoms with Crippen molar-refractivity contribution in [2.24, 2.45) is 5.73 Å². The summed E-state index contributed by atoms with van der Waals surface area (Å²) in [5, 5.41) is 9.34. The quantitative estimate of drug-likeness (QED) is 0.614. The fraction of sp³-hybridized carbons (Fsp3) is 0.176. The molecule has 5 nitrogen and oxygen atoms in total. The summed E-state index contributed by atoms with van der Waals surface area (Å²) in [6.45, 7) is 0. The molecule has 0 radical (unpaired) electrons. The molecule has 134 valence electrons. The van der Waals surface area contributed by atoms with Gasteiger partial charge in [-0.25, -0.2) is 0 Å². The molecule has 0 aliphatic rings. The van der Waals surface area contributed by atoms with Crippen LogP contribution in [0.1, 0.15) is 27.5 Å². The van der Waals surface area contributed by atoms with Crippen LogP contribution in [0.15, 0.2) is 47.5 Å². The molecule has 0 aliphatic heterocycles. The van der Waals surface area contributed by atoms with Crippen LogP contribution in [-0.4, -0.2) is 22.4 Å². The molecule has 1 aromatic carbocycles. The third-order valence-electron chi connectivity index (χ3n) is 3.32. The molecule has 2 N–H and O–H groups in total. The van der Waals surface area contributed by atoms with Crippen LogP contribution in [0.2, 0.25) is 0 Å². The largest absolute Gasteiger partial charge is 0.417 e. The summed E-state index contributed by atoms with van der Waals surface area (Å²) < 4.78 is 37.8. The van der Waals surface area contributed by atoms with E-state index < -0.39 is 29.3 Å². The van der Waals surface area contributed by atoms with Gasteiger partial charge < -0.3 is 5.73 Å². The first-order valence-electron chi connectivity index (χ1n) is 7.21. The summed E-state index contributed by atoms with van der Waals surface area (Å²) in [7, 11) is 0. The lowest BCUT2D eigenvalue weighted by molar-refractivity contribution is -0.137. The third kappa shape index (κ3) is 4.61. The van der Waals surface area contributed by atoms with Crippen molar-refractivity contribution >= 4 is 23.5 Å². The van der Waals surface area contributed by atoms with Crippen molar-refractivity contribution in [2.75, 3.05) is 5.75 Å². The zero-order valence-corrected chi connectivity index (χ0v) is 14.0. The molecule has 0 bridgehead atoms. The highest BCUT2D eigenvalue weighted by atomic mass is 32.2. The highest BCUT2D eigenvalue weighted by Crippen LogP contribution is 2.31. The van der Waals surface area contributed by atoms with Crippen molar-refractivity contribution in [1.82, 2.24) is 4.98 Å². The van der Waals surface area contributed by atoms with Gasteiger partial charge >= 0.3 is 6.18 Å². The predicted octanol–water partition coefficient (Wildman–Crippen LogP) is 3.17. The first-order valence-corrected chi connectivity index (χ1v) is 8.19. The Morgan fingerprint density at radius 1 is 1.23 bits per heavy atom. The molecular weight excluding hydrogens is 367 g/mol. The molecule has 1 unspecified atom stereocenters. The number of carbonyl (C=O) groups excluding carboxylic acids is 2. The van der Waals surface area contributed by atoms with E-state index in [4.69, 9.17) is 5.73 Å². The van der Waals surface area contributed by atoms with Gasteiger partial charge in [0, 0.05) is 16.7 Å². The average Bonchev–Trinajstić information content (AvgIpc) is 2.60. The number of nitrogens with zero attached hydrogens (tertiary/aromatic N) is 2. The lowest BCUT2D eigenvalue weighted by Crippen LogP contribution is -2.16. The van der Waals surface area contributed by atoms with Crippen molar-refractivity contribution in [3.63, 3.8) is 0 Å². The lowest BCUT2D eigenvalue weighted by atomic mass is 9.95. The van der Waals surface area contributed by atoms with Gasteiger partial charge in [-0.3, -0.25) is 14.6 Å². The molecule has 1 heterocycles. The monoisotopic (exact) mass is 379 g/mol. The third-order valence-corrected chi connectivity index (χ3v) is 4.42. The first-order chi connectivity index (χ1) is 12.2. The normalized spacial score (nSPS) is 12.2. The van der Waals surface area contributed by atoms with E-state index in [1.807, 2.05) is 0 Å². The highest BCUT2D eigenvalue weighted by Gasteiger charge is 2.32. The van der Waals surface area contributed by atoms with Crippen LogP contribution in [0.4, 0.5) is 13.2 Å². The zero-order chi connectivity index (χ0) is 19.3. The van der Waals surface area contributed by atoms with E-state index in [0.717, 1.165) is 23.9 Å². The molecule has 0 fully saturated rings. The Balaban J connectivity index is 2.32. The Morgan fingerprint density at radius 2 is 1.92 bits per heavy atom. The van der Waals surface area contributed by atoms with E-state index >= 15 is 0 Å². The summed E-state index contributed by atoms with van der Waals surface area (Å²) in [6.07, 6.45) is -3.98. The van der Waals surface area contributed by atoms with Crippen LogP contribution in [-0.2, 0) is 11.0 Å². The molecule has 1 atom stereocenters. The summed E-state index contributed by atoms with van der Waals surface area (Å²) in [4.78, 5) is 27.7. The van der Waals surface area contributed by atoms with E-state index in [0.29, 0.717) is 11.1 Å². The number of hydrogen-bond acceptors (Lipinski definition) is 5. The number of primary amides is 1. The van der Waals surface area contributed by atoms with Gasteiger partial charge in [0.05, 0.1) is 23.1 Å². The summed E-state index contributed by atoms with van der Waals surface area (Å²) in [5.41, 5.74) is 4.21. The number of aromatic nitrogens is 1. The van der Waals surface area contributed by atoms with E-state index in [1.165, 1.54) is 6.07 Å². The fourth-order valence-electron chi connectivity index (χ4n) is 2.10. The molecule has 26 heavy (non-hydrogen) atoms. The summed E-state index contributed by atoms with van der Waals surface area (Å²) in [5.74, 6) is -2.61. The number of halogens is 3. The molecule has 0 saturated heterocycles. The number of pyridine rings is 1. The minimum Gasteiger partial charge on any atom is -0.369 e. The number of nitrogens with two attached hydrogens (primary N) is 1. The Labute approximate surface area is 151 Å². The number of alkyl halides is 3. The van der Waals surface area contributed by atoms with Gasteiger partial charge in [-0.05, 0) is 18.2 Å². The number of rotatable bonds is 6. The van der Waals surface area contributed by atoms with Gasteiger partial charge in [0.15, 0.2) is 11.7 Å². The topological polar surface area (TPSA) is 96.8 Å². The zero-order valence-electron chi connectivity index (χ0n) is 13.2. The van der Waals surface area contributed by atoms with Crippen LogP contribution in [0.25, 0.3) is 0 Å². The maximum atomic E-state index is 12.7. The SMILES string of the molecule is N#CC(C(=O)c1ccccc1SCC(N)=O)c1ccc(C(F)(F)F)cn1. The predicted molar refractivity (Wildman–Crippen MR) is 88.3 cm³/mol. The van der Waals surface area contributed by atoms with Crippen LogP contribution in [0.3, 0.4) is 0 Å². The Hall–Kier alpha value is -2.86. The maximum absolute atomic E-state index is 12.7. The lowest BCUT2D eigenvalue weighted by Gasteiger charge is -2.12. The second-order valence-electron chi connectivity index (χ2n) is 5.15. The second-order valence-corrected chi connectivity index (χ2v) is 6.16. The van der Waals surface area contributed by atoms with Crippen molar-refractivity contribution in [3.8, 4) is 6.07 Å². The van der Waals surface area contributed by atoms with Gasteiger partial charge in [0.1, 0.15) is 0 Å². The van der Waals surface area contributed by atoms with E-state index in [2.05, 4.69) is 4.98 Å². The average molecular weight is 379 g/mol. The van der Waals surface area contributed by atoms with Crippen LogP contribution < -0.4 is 5.73 Å². The molecule has 2 rings (SSSR count). The summed E-state index contributed by atoms with van der Waals surface area (Å²) >= 11 is 1.04. The van der Waals surface area contributed by atoms with Crippen LogP contribution in [0, 0.1) is 11.3 Å². The second kappa shape index (κ2) is 8.01. The van der Waals surface area contributed by atoms with Gasteiger partial charge in [0.25, 0.3) is 0 Å². The van der Waals surface area contributed by atoms with Gasteiger partial charge in [-0.1, -0.05) is 18.2 Å². The number of nitriles is 1. The molecule has 1 aromatic heterocycles. The Bertz CT molecular complexity index is 861. The van der Waals surface area contributed by atoms with E-state index in [1.54, 1.807) is 24.3 Å². The molecule has 2 aromatic rings. The molecular formula is C17H12F3N3O2S. The number of ketones is 1. The Kier molecular flexibility index (Phi) is 6.00. The van der Waals surface area contributed by atoms with Crippen LogP contribution >= 0.6 is 11.8 Å². The number of amides is 1. The van der Waals surface area contributed by atoms with Crippen molar-refractivity contribution in [2.45, 2.75) is 17.0 Å². The van der Waals surface area contributed by atoms with Crippen LogP contribution in [0.5, 0.6) is 0 Å². The van der Waals surface area contributed by atoms with E-state index in [9.17, 15) is 28.0 Å². The van der Waals surface area contributed by atoms with Crippen molar-refractivity contribution in [3.05, 3.63) is 59.4 Å².